The Hall–Kier alpha value is -1.84. The largest absolute Gasteiger partial charge is 0.388 e. The number of hydrogen-bond donors (Lipinski definition) is 2. The fourth-order valence-electron chi connectivity index (χ4n) is 2.96. The second kappa shape index (κ2) is 12.5. The zero-order chi connectivity index (χ0) is 18.5. The number of carbonyl (C=O) groups excluding carboxylic acids is 1. The first-order valence-corrected chi connectivity index (χ1v) is 9.68. The van der Waals surface area contributed by atoms with Crippen LogP contribution < -0.4 is 11.1 Å². The summed E-state index contributed by atoms with van der Waals surface area (Å²) < 4.78 is 0. The SMILES string of the molecule is CCCCCC[C@H](CCC)C(=O)NCc1cccc(CN=C(C)N)c1. The smallest absolute Gasteiger partial charge is 0.223 e. The number of nitrogens with one attached hydrogen (secondary N) is 1. The van der Waals surface area contributed by atoms with Crippen LogP contribution >= 0.6 is 0 Å². The van der Waals surface area contributed by atoms with Crippen molar-refractivity contribution in [3.05, 3.63) is 35.4 Å². The van der Waals surface area contributed by atoms with Crippen LogP contribution in [-0.2, 0) is 17.9 Å². The van der Waals surface area contributed by atoms with E-state index in [1.54, 1.807) is 6.92 Å². The number of nitrogens with two attached hydrogens (primary N) is 1. The monoisotopic (exact) mass is 345 g/mol. The number of aliphatic imine (C=N–C) groups is 1. The van der Waals surface area contributed by atoms with Crippen molar-refractivity contribution in [2.45, 2.75) is 78.8 Å². The molecule has 1 aromatic rings. The Morgan fingerprint density at radius 1 is 1.12 bits per heavy atom. The van der Waals surface area contributed by atoms with Crippen LogP contribution in [0.5, 0.6) is 0 Å². The van der Waals surface area contributed by atoms with E-state index in [0.29, 0.717) is 18.9 Å². The summed E-state index contributed by atoms with van der Waals surface area (Å²) in [4.78, 5) is 16.8. The van der Waals surface area contributed by atoms with Gasteiger partial charge in [-0.05, 0) is 30.9 Å². The van der Waals surface area contributed by atoms with Gasteiger partial charge in [-0.15, -0.1) is 0 Å². The Labute approximate surface area is 153 Å². The molecule has 1 amide bonds. The molecule has 1 rings (SSSR count). The van der Waals surface area contributed by atoms with Gasteiger partial charge < -0.3 is 11.1 Å². The van der Waals surface area contributed by atoms with Crippen LogP contribution in [0.25, 0.3) is 0 Å². The van der Waals surface area contributed by atoms with Crippen molar-refractivity contribution >= 4 is 11.7 Å². The van der Waals surface area contributed by atoms with Crippen LogP contribution in [0.3, 0.4) is 0 Å². The van der Waals surface area contributed by atoms with Gasteiger partial charge in [-0.25, -0.2) is 0 Å². The Morgan fingerprint density at radius 2 is 1.88 bits per heavy atom. The van der Waals surface area contributed by atoms with Gasteiger partial charge in [-0.1, -0.05) is 70.2 Å². The third-order valence-corrected chi connectivity index (χ3v) is 4.38. The van der Waals surface area contributed by atoms with E-state index < -0.39 is 0 Å². The van der Waals surface area contributed by atoms with E-state index in [4.69, 9.17) is 5.73 Å². The van der Waals surface area contributed by atoms with E-state index in [0.717, 1.165) is 36.8 Å². The zero-order valence-corrected chi connectivity index (χ0v) is 16.2. The van der Waals surface area contributed by atoms with E-state index >= 15 is 0 Å². The summed E-state index contributed by atoms with van der Waals surface area (Å²) in [6.07, 6.45) is 7.90. The lowest BCUT2D eigenvalue weighted by molar-refractivity contribution is -0.125. The molecule has 0 saturated carbocycles. The van der Waals surface area contributed by atoms with Gasteiger partial charge in [-0.2, -0.15) is 0 Å². The summed E-state index contributed by atoms with van der Waals surface area (Å²) >= 11 is 0. The summed E-state index contributed by atoms with van der Waals surface area (Å²) in [5, 5.41) is 3.12. The first kappa shape index (κ1) is 21.2. The Bertz CT molecular complexity index is 536. The molecule has 0 fully saturated rings. The number of nitrogens with zero attached hydrogens (tertiary/aromatic N) is 1. The molecular formula is C21H35N3O. The second-order valence-corrected chi connectivity index (χ2v) is 6.83. The molecule has 0 radical (unpaired) electrons. The lowest BCUT2D eigenvalue weighted by Crippen LogP contribution is -2.30. The number of amides is 1. The van der Waals surface area contributed by atoms with Gasteiger partial charge in [0.15, 0.2) is 0 Å². The first-order valence-electron chi connectivity index (χ1n) is 9.68. The van der Waals surface area contributed by atoms with Crippen molar-refractivity contribution in [2.24, 2.45) is 16.6 Å². The van der Waals surface area contributed by atoms with Crippen LogP contribution in [-0.4, -0.2) is 11.7 Å². The minimum Gasteiger partial charge on any atom is -0.388 e. The van der Waals surface area contributed by atoms with Crippen LogP contribution in [0.4, 0.5) is 0 Å². The van der Waals surface area contributed by atoms with E-state index in [2.05, 4.69) is 30.2 Å². The van der Waals surface area contributed by atoms with Gasteiger partial charge in [0.25, 0.3) is 0 Å². The normalized spacial score (nSPS) is 12.8. The van der Waals surface area contributed by atoms with E-state index in [1.165, 1.54) is 19.3 Å². The molecule has 1 atom stereocenters. The molecule has 0 aromatic heterocycles. The van der Waals surface area contributed by atoms with E-state index in [9.17, 15) is 4.79 Å². The summed E-state index contributed by atoms with van der Waals surface area (Å²) in [6, 6.07) is 8.17. The van der Waals surface area contributed by atoms with Crippen LogP contribution in [0.2, 0.25) is 0 Å². The van der Waals surface area contributed by atoms with Gasteiger partial charge in [0.2, 0.25) is 5.91 Å². The quantitative estimate of drug-likeness (QED) is 0.331. The third-order valence-electron chi connectivity index (χ3n) is 4.38. The molecule has 0 aliphatic carbocycles. The third kappa shape index (κ3) is 9.28. The summed E-state index contributed by atoms with van der Waals surface area (Å²) in [6.45, 7) is 7.31. The Morgan fingerprint density at radius 3 is 2.56 bits per heavy atom. The van der Waals surface area contributed by atoms with E-state index in [-0.39, 0.29) is 11.8 Å². The maximum absolute atomic E-state index is 12.5. The molecule has 140 valence electrons. The second-order valence-electron chi connectivity index (χ2n) is 6.83. The minimum atomic E-state index is 0.148. The topological polar surface area (TPSA) is 67.5 Å². The highest BCUT2D eigenvalue weighted by Crippen LogP contribution is 2.17. The molecule has 0 heterocycles. The highest BCUT2D eigenvalue weighted by Gasteiger charge is 2.16. The molecule has 0 aliphatic rings. The Balaban J connectivity index is 2.51. The molecule has 0 unspecified atom stereocenters. The molecule has 25 heavy (non-hydrogen) atoms. The predicted molar refractivity (Wildman–Crippen MR) is 106 cm³/mol. The first-order chi connectivity index (χ1) is 12.1. The van der Waals surface area contributed by atoms with E-state index in [1.807, 2.05) is 18.2 Å². The summed E-state index contributed by atoms with van der Waals surface area (Å²) in [5.41, 5.74) is 7.81. The molecule has 0 spiro atoms. The van der Waals surface area contributed by atoms with Crippen LogP contribution in [0.1, 0.15) is 76.8 Å². The molecule has 4 heteroatoms. The molecule has 0 saturated heterocycles. The molecule has 1 aromatic carbocycles. The van der Waals surface area contributed by atoms with Crippen molar-refractivity contribution in [3.8, 4) is 0 Å². The molecule has 3 N–H and O–H groups in total. The fraction of sp³-hybridized carbons (Fsp3) is 0.619. The van der Waals surface area contributed by atoms with Gasteiger partial charge in [0, 0.05) is 12.5 Å². The number of benzene rings is 1. The van der Waals surface area contributed by atoms with Crippen LogP contribution in [0.15, 0.2) is 29.3 Å². The summed E-state index contributed by atoms with van der Waals surface area (Å²) in [7, 11) is 0. The zero-order valence-electron chi connectivity index (χ0n) is 16.2. The average molecular weight is 346 g/mol. The van der Waals surface area contributed by atoms with Crippen molar-refractivity contribution < 1.29 is 4.79 Å². The van der Waals surface area contributed by atoms with Gasteiger partial charge in [0.05, 0.1) is 12.4 Å². The van der Waals surface area contributed by atoms with Gasteiger partial charge in [-0.3, -0.25) is 9.79 Å². The maximum atomic E-state index is 12.5. The standard InChI is InChI=1S/C21H35N3O/c1-4-6-7-8-13-20(10-5-2)21(25)24-16-19-12-9-11-18(14-19)15-23-17(3)22/h9,11-12,14,20H,4-8,10,13,15-16H2,1-3H3,(H2,22,23)(H,24,25)/t20-/m0/s1. The number of carbonyl (C=O) groups is 1. The van der Waals surface area contributed by atoms with Gasteiger partial charge >= 0.3 is 0 Å². The fourth-order valence-corrected chi connectivity index (χ4v) is 2.96. The highest BCUT2D eigenvalue weighted by atomic mass is 16.1. The summed E-state index contributed by atoms with van der Waals surface area (Å²) in [5.74, 6) is 0.929. The minimum absolute atomic E-state index is 0.148. The van der Waals surface area contributed by atoms with Crippen molar-refractivity contribution in [1.82, 2.24) is 5.32 Å². The maximum Gasteiger partial charge on any atom is 0.223 e. The van der Waals surface area contributed by atoms with Crippen LogP contribution in [0, 0.1) is 5.92 Å². The van der Waals surface area contributed by atoms with Gasteiger partial charge in [0.1, 0.15) is 0 Å². The average Bonchev–Trinajstić information content (AvgIpc) is 2.61. The number of amidine groups is 1. The van der Waals surface area contributed by atoms with Crippen molar-refractivity contribution in [1.29, 1.82) is 0 Å². The number of rotatable bonds is 12. The number of unbranched alkanes of at least 4 members (excludes halogenated alkanes) is 3. The highest BCUT2D eigenvalue weighted by molar-refractivity contribution is 5.78. The lowest BCUT2D eigenvalue weighted by atomic mass is 9.95. The molecule has 4 nitrogen and oxygen atoms in total. The Kier molecular flexibility index (Phi) is 10.6. The molecule has 0 aliphatic heterocycles. The molecule has 0 bridgehead atoms. The molecular weight excluding hydrogens is 310 g/mol. The lowest BCUT2D eigenvalue weighted by Gasteiger charge is -2.16. The van der Waals surface area contributed by atoms with Crippen molar-refractivity contribution in [3.63, 3.8) is 0 Å². The van der Waals surface area contributed by atoms with Crippen molar-refractivity contribution in [2.75, 3.05) is 0 Å². The predicted octanol–water partition coefficient (Wildman–Crippen LogP) is 4.57. The number of hydrogen-bond acceptors (Lipinski definition) is 2.